The number of likely N-dealkylation sites (N-methyl/N-ethyl adjacent to an activating group) is 1. The summed E-state index contributed by atoms with van der Waals surface area (Å²) in [5.41, 5.74) is 1.03. The zero-order valence-electron chi connectivity index (χ0n) is 13.5. The van der Waals surface area contributed by atoms with Gasteiger partial charge in [-0.3, -0.25) is 4.90 Å². The van der Waals surface area contributed by atoms with Crippen molar-refractivity contribution in [3.63, 3.8) is 0 Å². The molecule has 1 atom stereocenters. The van der Waals surface area contributed by atoms with E-state index in [9.17, 15) is 0 Å². The van der Waals surface area contributed by atoms with Crippen molar-refractivity contribution in [3.8, 4) is 0 Å². The number of rotatable bonds is 8. The van der Waals surface area contributed by atoms with Crippen molar-refractivity contribution in [2.45, 2.75) is 40.2 Å². The number of thiophene rings is 1. The van der Waals surface area contributed by atoms with Crippen LogP contribution in [0.5, 0.6) is 0 Å². The molecule has 0 spiro atoms. The molecule has 0 aromatic carbocycles. The van der Waals surface area contributed by atoms with Crippen LogP contribution in [-0.4, -0.2) is 40.5 Å². The minimum absolute atomic E-state index is 0.546. The molecule has 21 heavy (non-hydrogen) atoms. The number of nitrogens with zero attached hydrogens (tertiary/aromatic N) is 3. The third kappa shape index (κ3) is 4.14. The lowest BCUT2D eigenvalue weighted by atomic mass is 10.0. The quantitative estimate of drug-likeness (QED) is 0.804. The molecule has 0 amide bonds. The molecule has 0 aliphatic heterocycles. The molecule has 0 aliphatic carbocycles. The molecule has 0 aliphatic rings. The van der Waals surface area contributed by atoms with Gasteiger partial charge in [-0.1, -0.05) is 27.7 Å². The maximum absolute atomic E-state index is 4.41. The molecule has 4 nitrogen and oxygen atoms in total. The molecule has 0 fully saturated rings. The van der Waals surface area contributed by atoms with E-state index in [1.165, 1.54) is 6.42 Å². The summed E-state index contributed by atoms with van der Waals surface area (Å²) in [7, 11) is 0. The summed E-state index contributed by atoms with van der Waals surface area (Å²) in [4.78, 5) is 11.2. The zero-order valence-corrected chi connectivity index (χ0v) is 14.3. The van der Waals surface area contributed by atoms with Gasteiger partial charge < -0.3 is 5.32 Å². The van der Waals surface area contributed by atoms with Crippen LogP contribution in [0, 0.1) is 5.92 Å². The molecule has 5 heteroatoms. The summed E-state index contributed by atoms with van der Waals surface area (Å²) in [5, 5.41) is 5.62. The van der Waals surface area contributed by atoms with E-state index in [1.54, 1.807) is 17.7 Å². The van der Waals surface area contributed by atoms with Gasteiger partial charge in [0.15, 0.2) is 0 Å². The zero-order chi connectivity index (χ0) is 15.2. The van der Waals surface area contributed by atoms with Crippen LogP contribution in [0.15, 0.2) is 17.8 Å². The van der Waals surface area contributed by atoms with Gasteiger partial charge in [0.05, 0.1) is 10.2 Å². The van der Waals surface area contributed by atoms with Crippen molar-refractivity contribution in [1.29, 1.82) is 0 Å². The fourth-order valence-electron chi connectivity index (χ4n) is 2.77. The predicted molar refractivity (Wildman–Crippen MR) is 92.1 cm³/mol. The molecule has 2 aromatic heterocycles. The second-order valence-electron chi connectivity index (χ2n) is 5.74. The Morgan fingerprint density at radius 3 is 2.67 bits per heavy atom. The molecule has 2 rings (SSSR count). The number of anilines is 1. The third-order valence-electron chi connectivity index (χ3n) is 3.82. The summed E-state index contributed by atoms with van der Waals surface area (Å²) >= 11 is 1.70. The number of fused-ring (bicyclic) bond motifs is 1. The fraction of sp³-hybridized carbons (Fsp3) is 0.625. The van der Waals surface area contributed by atoms with Crippen molar-refractivity contribution in [2.24, 2.45) is 5.92 Å². The van der Waals surface area contributed by atoms with Crippen LogP contribution in [0.4, 0.5) is 5.82 Å². The van der Waals surface area contributed by atoms with Crippen LogP contribution >= 0.6 is 11.3 Å². The van der Waals surface area contributed by atoms with E-state index >= 15 is 0 Å². The summed E-state index contributed by atoms with van der Waals surface area (Å²) in [6.07, 6.45) is 2.85. The second-order valence-corrected chi connectivity index (χ2v) is 6.66. The van der Waals surface area contributed by atoms with Gasteiger partial charge in [0.2, 0.25) is 0 Å². The van der Waals surface area contributed by atoms with Gasteiger partial charge in [-0.05, 0) is 36.9 Å². The monoisotopic (exact) mass is 306 g/mol. The van der Waals surface area contributed by atoms with Gasteiger partial charge in [0, 0.05) is 12.6 Å². The highest BCUT2D eigenvalue weighted by Crippen LogP contribution is 2.25. The Kier molecular flexibility index (Phi) is 5.94. The van der Waals surface area contributed by atoms with Crippen LogP contribution in [0.25, 0.3) is 10.2 Å². The van der Waals surface area contributed by atoms with Crippen molar-refractivity contribution in [2.75, 3.05) is 25.0 Å². The minimum Gasteiger partial charge on any atom is -0.367 e. The lowest BCUT2D eigenvalue weighted by Gasteiger charge is -2.31. The Morgan fingerprint density at radius 1 is 1.24 bits per heavy atom. The maximum Gasteiger partial charge on any atom is 0.147 e. The summed E-state index contributed by atoms with van der Waals surface area (Å²) in [5.74, 6) is 1.67. The van der Waals surface area contributed by atoms with Gasteiger partial charge in [-0.25, -0.2) is 9.97 Å². The average Bonchev–Trinajstić information content (AvgIpc) is 2.94. The van der Waals surface area contributed by atoms with Crippen LogP contribution in [0.1, 0.15) is 34.1 Å². The largest absolute Gasteiger partial charge is 0.367 e. The highest BCUT2D eigenvalue weighted by Gasteiger charge is 2.17. The molecule has 2 aromatic rings. The van der Waals surface area contributed by atoms with E-state index in [-0.39, 0.29) is 0 Å². The SMILES string of the molecule is CCN(CC)C(CNc1ncnc2ccsc12)CC(C)C. The van der Waals surface area contributed by atoms with Crippen LogP contribution in [0.2, 0.25) is 0 Å². The van der Waals surface area contributed by atoms with Crippen LogP contribution in [-0.2, 0) is 0 Å². The predicted octanol–water partition coefficient (Wildman–Crippen LogP) is 3.86. The van der Waals surface area contributed by atoms with Crippen LogP contribution in [0.3, 0.4) is 0 Å². The standard InChI is InChI=1S/C16H26N4S/c1-5-20(6-2)13(9-12(3)4)10-17-16-15-14(7-8-21-15)18-11-19-16/h7-8,11-13H,5-6,9-10H2,1-4H3,(H,17,18,19). The van der Waals surface area contributed by atoms with E-state index in [0.717, 1.165) is 35.7 Å². The molecule has 0 saturated carbocycles. The highest BCUT2D eigenvalue weighted by atomic mass is 32.1. The van der Waals surface area contributed by atoms with Gasteiger partial charge >= 0.3 is 0 Å². The molecule has 0 radical (unpaired) electrons. The average molecular weight is 306 g/mol. The van der Waals surface area contributed by atoms with Crippen molar-refractivity contribution < 1.29 is 0 Å². The highest BCUT2D eigenvalue weighted by molar-refractivity contribution is 7.17. The molecule has 0 saturated heterocycles. The first-order valence-corrected chi connectivity index (χ1v) is 8.69. The number of nitrogens with one attached hydrogen (secondary N) is 1. The maximum atomic E-state index is 4.41. The topological polar surface area (TPSA) is 41.0 Å². The first-order chi connectivity index (χ1) is 10.2. The minimum atomic E-state index is 0.546. The summed E-state index contributed by atoms with van der Waals surface area (Å²) < 4.78 is 1.15. The van der Waals surface area contributed by atoms with E-state index < -0.39 is 0 Å². The van der Waals surface area contributed by atoms with Crippen molar-refractivity contribution >= 4 is 27.4 Å². The van der Waals surface area contributed by atoms with E-state index in [4.69, 9.17) is 0 Å². The van der Waals surface area contributed by atoms with E-state index in [1.807, 2.05) is 6.07 Å². The van der Waals surface area contributed by atoms with Crippen molar-refractivity contribution in [3.05, 3.63) is 17.8 Å². The Bertz CT molecular complexity index is 548. The molecule has 1 unspecified atom stereocenters. The van der Waals surface area contributed by atoms with Gasteiger partial charge in [-0.2, -0.15) is 0 Å². The second kappa shape index (κ2) is 7.71. The molecule has 1 N–H and O–H groups in total. The summed E-state index contributed by atoms with van der Waals surface area (Å²) in [6, 6.07) is 2.59. The van der Waals surface area contributed by atoms with E-state index in [0.29, 0.717) is 12.0 Å². The van der Waals surface area contributed by atoms with Crippen molar-refractivity contribution in [1.82, 2.24) is 14.9 Å². The summed E-state index contributed by atoms with van der Waals surface area (Å²) in [6.45, 7) is 12.2. The van der Waals surface area contributed by atoms with Gasteiger partial charge in [-0.15, -0.1) is 11.3 Å². The number of hydrogen-bond donors (Lipinski definition) is 1. The number of aromatic nitrogens is 2. The molecule has 116 valence electrons. The Labute approximate surface area is 131 Å². The normalized spacial score (nSPS) is 13.2. The third-order valence-corrected chi connectivity index (χ3v) is 4.73. The molecular formula is C16H26N4S. The van der Waals surface area contributed by atoms with Gasteiger partial charge in [0.25, 0.3) is 0 Å². The fourth-order valence-corrected chi connectivity index (χ4v) is 3.59. The molecular weight excluding hydrogens is 280 g/mol. The number of hydrogen-bond acceptors (Lipinski definition) is 5. The molecule has 2 heterocycles. The Balaban J connectivity index is 2.08. The van der Waals surface area contributed by atoms with E-state index in [2.05, 4.69) is 53.3 Å². The molecule has 0 bridgehead atoms. The Morgan fingerprint density at radius 2 is 2.00 bits per heavy atom. The smallest absolute Gasteiger partial charge is 0.147 e. The van der Waals surface area contributed by atoms with Gasteiger partial charge in [0.1, 0.15) is 12.1 Å². The lowest BCUT2D eigenvalue weighted by Crippen LogP contribution is -2.40. The Hall–Kier alpha value is -1.20. The first kappa shape index (κ1) is 16.2. The lowest BCUT2D eigenvalue weighted by molar-refractivity contribution is 0.199. The van der Waals surface area contributed by atoms with Crippen LogP contribution < -0.4 is 5.32 Å². The first-order valence-electron chi connectivity index (χ1n) is 7.81.